The second-order valence-corrected chi connectivity index (χ2v) is 6.35. The topological polar surface area (TPSA) is 108 Å². The lowest BCUT2D eigenvalue weighted by Crippen LogP contribution is -2.56. The molecule has 2 amide bonds. The van der Waals surface area contributed by atoms with Gasteiger partial charge in [0.1, 0.15) is 6.04 Å². The molecule has 24 heavy (non-hydrogen) atoms. The van der Waals surface area contributed by atoms with E-state index in [1.165, 1.54) is 13.8 Å². The zero-order chi connectivity index (χ0) is 17.6. The number of carboxylic acids is 1. The standard InChI is InChI=1S/C16H29N3O4.ClH/c1-5-11(6-2)7-12(17-9(3)20)15-13(18-10(4)21)8-14(19-15)16(22)23;/h11-15,19H,5-8H2,1-4H3,(H,17,20)(H,18,21)(H,22,23);1H/t12-,13+,14+,15-;/m0./s1. The maximum absolute atomic E-state index is 11.6. The molecule has 1 rings (SSSR count). The summed E-state index contributed by atoms with van der Waals surface area (Å²) in [6.07, 6.45) is 3.06. The molecular formula is C16H30ClN3O4. The number of amides is 2. The van der Waals surface area contributed by atoms with E-state index in [0.29, 0.717) is 12.3 Å². The average molecular weight is 364 g/mol. The molecule has 4 atom stereocenters. The molecule has 1 aliphatic rings. The minimum atomic E-state index is -0.938. The van der Waals surface area contributed by atoms with E-state index >= 15 is 0 Å². The quantitative estimate of drug-likeness (QED) is 0.515. The van der Waals surface area contributed by atoms with Gasteiger partial charge in [-0.1, -0.05) is 26.7 Å². The molecule has 0 bridgehead atoms. The molecule has 1 saturated heterocycles. The summed E-state index contributed by atoms with van der Waals surface area (Å²) in [5, 5.41) is 18.1. The molecule has 0 saturated carbocycles. The number of carbonyl (C=O) groups is 3. The summed E-state index contributed by atoms with van der Waals surface area (Å²) in [4.78, 5) is 34.3. The zero-order valence-corrected chi connectivity index (χ0v) is 15.6. The SMILES string of the molecule is CCC(CC)C[C@H](NC(C)=O)[C@@H]1N[C@@H](C(=O)O)C[C@H]1NC(C)=O.Cl. The van der Waals surface area contributed by atoms with E-state index in [9.17, 15) is 19.5 Å². The number of hydrogen-bond donors (Lipinski definition) is 4. The fourth-order valence-corrected chi connectivity index (χ4v) is 3.33. The summed E-state index contributed by atoms with van der Waals surface area (Å²) in [7, 11) is 0. The Labute approximate surface area is 149 Å². The molecule has 0 aromatic heterocycles. The largest absolute Gasteiger partial charge is 0.480 e. The van der Waals surface area contributed by atoms with Gasteiger partial charge in [0.25, 0.3) is 0 Å². The molecular weight excluding hydrogens is 334 g/mol. The number of carbonyl (C=O) groups excluding carboxylic acids is 2. The smallest absolute Gasteiger partial charge is 0.320 e. The van der Waals surface area contributed by atoms with Crippen LogP contribution in [0, 0.1) is 5.92 Å². The Hall–Kier alpha value is -1.34. The van der Waals surface area contributed by atoms with Gasteiger partial charge < -0.3 is 15.7 Å². The van der Waals surface area contributed by atoms with Crippen LogP contribution in [0.15, 0.2) is 0 Å². The number of carboxylic acid groups (broad SMARTS) is 1. The van der Waals surface area contributed by atoms with Crippen LogP contribution in [0.2, 0.25) is 0 Å². The first-order chi connectivity index (χ1) is 10.8. The van der Waals surface area contributed by atoms with E-state index in [1.54, 1.807) is 0 Å². The number of aliphatic carboxylic acids is 1. The van der Waals surface area contributed by atoms with Gasteiger partial charge in [0.05, 0.1) is 0 Å². The first kappa shape index (κ1) is 22.7. The van der Waals surface area contributed by atoms with E-state index in [-0.39, 0.29) is 42.3 Å². The Morgan fingerprint density at radius 1 is 1.17 bits per heavy atom. The summed E-state index contributed by atoms with van der Waals surface area (Å²) in [5.74, 6) is -0.845. The van der Waals surface area contributed by atoms with Crippen LogP contribution < -0.4 is 16.0 Å². The van der Waals surface area contributed by atoms with Gasteiger partial charge >= 0.3 is 5.97 Å². The fourth-order valence-electron chi connectivity index (χ4n) is 3.33. The second-order valence-electron chi connectivity index (χ2n) is 6.35. The third-order valence-corrected chi connectivity index (χ3v) is 4.57. The van der Waals surface area contributed by atoms with Gasteiger partial charge in [-0.15, -0.1) is 12.4 Å². The van der Waals surface area contributed by atoms with Crippen LogP contribution in [0.4, 0.5) is 0 Å². The summed E-state index contributed by atoms with van der Waals surface area (Å²) in [6, 6.07) is -1.52. The van der Waals surface area contributed by atoms with Crippen molar-refractivity contribution in [3.05, 3.63) is 0 Å². The molecule has 1 heterocycles. The van der Waals surface area contributed by atoms with Gasteiger partial charge in [0.15, 0.2) is 0 Å². The van der Waals surface area contributed by atoms with Crippen molar-refractivity contribution in [1.82, 2.24) is 16.0 Å². The molecule has 0 aromatic carbocycles. The molecule has 0 aliphatic carbocycles. The van der Waals surface area contributed by atoms with Crippen LogP contribution in [-0.2, 0) is 14.4 Å². The van der Waals surface area contributed by atoms with Crippen molar-refractivity contribution >= 4 is 30.2 Å². The normalized spacial score (nSPS) is 24.1. The van der Waals surface area contributed by atoms with Crippen molar-refractivity contribution in [1.29, 1.82) is 0 Å². The van der Waals surface area contributed by atoms with Gasteiger partial charge in [-0.05, 0) is 18.8 Å². The highest BCUT2D eigenvalue weighted by Crippen LogP contribution is 2.23. The van der Waals surface area contributed by atoms with Crippen molar-refractivity contribution in [3.63, 3.8) is 0 Å². The van der Waals surface area contributed by atoms with Crippen LogP contribution in [0.25, 0.3) is 0 Å². The Bertz CT molecular complexity index is 443. The average Bonchev–Trinajstić information content (AvgIpc) is 2.86. The number of halogens is 1. The van der Waals surface area contributed by atoms with E-state index in [1.807, 2.05) is 0 Å². The molecule has 0 aromatic rings. The van der Waals surface area contributed by atoms with Crippen LogP contribution in [0.5, 0.6) is 0 Å². The molecule has 7 nitrogen and oxygen atoms in total. The van der Waals surface area contributed by atoms with Crippen LogP contribution in [0.3, 0.4) is 0 Å². The minimum absolute atomic E-state index is 0. The molecule has 0 spiro atoms. The maximum Gasteiger partial charge on any atom is 0.320 e. The van der Waals surface area contributed by atoms with Crippen molar-refractivity contribution < 1.29 is 19.5 Å². The first-order valence-corrected chi connectivity index (χ1v) is 8.31. The lowest BCUT2D eigenvalue weighted by Gasteiger charge is -2.32. The monoisotopic (exact) mass is 363 g/mol. The van der Waals surface area contributed by atoms with Gasteiger partial charge in [-0.2, -0.15) is 0 Å². The number of rotatable bonds is 8. The highest BCUT2D eigenvalue weighted by atomic mass is 35.5. The van der Waals surface area contributed by atoms with Gasteiger partial charge in [-0.25, -0.2) is 0 Å². The highest BCUT2D eigenvalue weighted by molar-refractivity contribution is 5.85. The van der Waals surface area contributed by atoms with E-state index < -0.39 is 12.0 Å². The maximum atomic E-state index is 11.6. The summed E-state index contributed by atoms with van der Waals surface area (Å²) in [5.41, 5.74) is 0. The van der Waals surface area contributed by atoms with Gasteiger partial charge in [0.2, 0.25) is 11.8 Å². The van der Waals surface area contributed by atoms with Gasteiger partial charge in [0, 0.05) is 32.0 Å². The molecule has 1 fully saturated rings. The molecule has 8 heteroatoms. The Balaban J connectivity index is 0.00000529. The predicted molar refractivity (Wildman–Crippen MR) is 94.1 cm³/mol. The van der Waals surface area contributed by atoms with Crippen LogP contribution in [-0.4, -0.2) is 47.1 Å². The number of hydrogen-bond acceptors (Lipinski definition) is 4. The van der Waals surface area contributed by atoms with Crippen molar-refractivity contribution in [2.75, 3.05) is 0 Å². The Kier molecular flexibility index (Phi) is 9.92. The molecule has 4 N–H and O–H groups in total. The molecule has 0 radical (unpaired) electrons. The Morgan fingerprint density at radius 2 is 1.75 bits per heavy atom. The van der Waals surface area contributed by atoms with E-state index in [0.717, 1.165) is 19.3 Å². The zero-order valence-electron chi connectivity index (χ0n) is 14.8. The summed E-state index contributed by atoms with van der Waals surface area (Å²) >= 11 is 0. The summed E-state index contributed by atoms with van der Waals surface area (Å²) in [6.45, 7) is 7.08. The van der Waals surface area contributed by atoms with Gasteiger partial charge in [-0.3, -0.25) is 19.7 Å². The number of nitrogens with one attached hydrogen (secondary N) is 3. The van der Waals surface area contributed by atoms with Crippen LogP contribution in [0.1, 0.15) is 53.4 Å². The van der Waals surface area contributed by atoms with Crippen molar-refractivity contribution in [2.45, 2.75) is 77.5 Å². The molecule has 1 aliphatic heterocycles. The van der Waals surface area contributed by atoms with Crippen LogP contribution >= 0.6 is 12.4 Å². The second kappa shape index (κ2) is 10.5. The minimum Gasteiger partial charge on any atom is -0.480 e. The first-order valence-electron chi connectivity index (χ1n) is 8.31. The lowest BCUT2D eigenvalue weighted by atomic mass is 9.89. The fraction of sp³-hybridized carbons (Fsp3) is 0.812. The molecule has 140 valence electrons. The summed E-state index contributed by atoms with van der Waals surface area (Å²) < 4.78 is 0. The molecule has 0 unspecified atom stereocenters. The highest BCUT2D eigenvalue weighted by Gasteiger charge is 2.42. The van der Waals surface area contributed by atoms with E-state index in [4.69, 9.17) is 0 Å². The van der Waals surface area contributed by atoms with E-state index in [2.05, 4.69) is 29.8 Å². The third-order valence-electron chi connectivity index (χ3n) is 4.57. The third kappa shape index (κ3) is 6.65. The predicted octanol–water partition coefficient (Wildman–Crippen LogP) is 1.06. The lowest BCUT2D eigenvalue weighted by molar-refractivity contribution is -0.139. The Morgan fingerprint density at radius 3 is 2.17 bits per heavy atom. The van der Waals surface area contributed by atoms with Crippen molar-refractivity contribution in [2.24, 2.45) is 5.92 Å². The van der Waals surface area contributed by atoms with Crippen molar-refractivity contribution in [3.8, 4) is 0 Å².